The summed E-state index contributed by atoms with van der Waals surface area (Å²) >= 11 is 0. The molecule has 0 saturated heterocycles. The van der Waals surface area contributed by atoms with E-state index in [1.807, 2.05) is 11.8 Å². The van der Waals surface area contributed by atoms with E-state index in [9.17, 15) is 13.2 Å². The topological polar surface area (TPSA) is 41.6 Å². The maximum absolute atomic E-state index is 12.6. The minimum atomic E-state index is -4.32. The number of guanidine groups is 1. The largest absolute Gasteiger partial charge is 0.416 e. The predicted octanol–water partition coefficient (Wildman–Crippen LogP) is 3.21. The lowest BCUT2D eigenvalue weighted by molar-refractivity contribution is -0.137. The van der Waals surface area contributed by atoms with Gasteiger partial charge in [-0.05, 0) is 30.5 Å². The molecule has 116 valence electrons. The van der Waals surface area contributed by atoms with Gasteiger partial charge in [-0.3, -0.25) is 4.99 Å². The van der Waals surface area contributed by atoms with Crippen LogP contribution in [0.3, 0.4) is 0 Å². The first-order valence-electron chi connectivity index (χ1n) is 6.90. The average molecular weight is 299 g/mol. The number of aliphatic imine (C=N–C) groups is 1. The van der Waals surface area contributed by atoms with Gasteiger partial charge in [0, 0.05) is 6.54 Å². The highest BCUT2D eigenvalue weighted by molar-refractivity contribution is 5.81. The third-order valence-electron chi connectivity index (χ3n) is 3.80. The number of nitrogens with zero attached hydrogens (tertiary/aromatic N) is 2. The van der Waals surface area contributed by atoms with Crippen LogP contribution in [-0.4, -0.2) is 23.9 Å². The van der Waals surface area contributed by atoms with Crippen LogP contribution in [0.2, 0.25) is 0 Å². The standard InChI is InChI=1S/C15H20F3N3/c1-10(2)8-21-13(19)20-9-14(21,3)11-4-6-12(7-5-11)15(16,17)18/h4-7,10H,8-9H2,1-3H3,(H2,19,20). The number of nitrogens with two attached hydrogens (primary N) is 1. The summed E-state index contributed by atoms with van der Waals surface area (Å²) in [7, 11) is 0. The molecule has 0 saturated carbocycles. The highest BCUT2D eigenvalue weighted by Gasteiger charge is 2.40. The smallest absolute Gasteiger partial charge is 0.370 e. The van der Waals surface area contributed by atoms with Crippen molar-refractivity contribution in [2.24, 2.45) is 16.6 Å². The number of halogens is 3. The Morgan fingerprint density at radius 3 is 2.33 bits per heavy atom. The van der Waals surface area contributed by atoms with E-state index in [-0.39, 0.29) is 0 Å². The molecule has 3 nitrogen and oxygen atoms in total. The van der Waals surface area contributed by atoms with Crippen molar-refractivity contribution in [1.29, 1.82) is 0 Å². The first kappa shape index (κ1) is 15.7. The Hall–Kier alpha value is -1.72. The zero-order valence-electron chi connectivity index (χ0n) is 12.4. The molecule has 0 aliphatic carbocycles. The highest BCUT2D eigenvalue weighted by Crippen LogP contribution is 2.35. The van der Waals surface area contributed by atoms with Gasteiger partial charge in [-0.1, -0.05) is 26.0 Å². The first-order chi connectivity index (χ1) is 9.64. The highest BCUT2D eigenvalue weighted by atomic mass is 19.4. The lowest BCUT2D eigenvalue weighted by Crippen LogP contribution is -2.49. The Bertz CT molecular complexity index is 534. The van der Waals surface area contributed by atoms with Crippen LogP contribution in [-0.2, 0) is 11.7 Å². The molecule has 0 fully saturated rings. The summed E-state index contributed by atoms with van der Waals surface area (Å²) in [6.45, 7) is 7.27. The molecular weight excluding hydrogens is 279 g/mol. The van der Waals surface area contributed by atoms with Gasteiger partial charge < -0.3 is 10.6 Å². The van der Waals surface area contributed by atoms with Gasteiger partial charge in [-0.15, -0.1) is 0 Å². The second-order valence-electron chi connectivity index (χ2n) is 6.03. The molecule has 1 aliphatic heterocycles. The molecule has 1 aromatic carbocycles. The average Bonchev–Trinajstić information content (AvgIpc) is 2.67. The van der Waals surface area contributed by atoms with E-state index in [0.29, 0.717) is 25.0 Å². The van der Waals surface area contributed by atoms with Gasteiger partial charge in [0.15, 0.2) is 5.96 Å². The molecule has 0 amide bonds. The van der Waals surface area contributed by atoms with E-state index < -0.39 is 17.3 Å². The molecule has 0 radical (unpaired) electrons. The Balaban J connectivity index is 2.31. The second kappa shape index (κ2) is 5.24. The molecule has 2 N–H and O–H groups in total. The van der Waals surface area contributed by atoms with Crippen molar-refractivity contribution in [1.82, 2.24) is 4.90 Å². The van der Waals surface area contributed by atoms with Crippen molar-refractivity contribution < 1.29 is 13.2 Å². The molecule has 1 unspecified atom stereocenters. The van der Waals surface area contributed by atoms with Gasteiger partial charge in [0.05, 0.1) is 17.6 Å². The second-order valence-corrected chi connectivity index (χ2v) is 6.03. The van der Waals surface area contributed by atoms with E-state index >= 15 is 0 Å². The molecule has 6 heteroatoms. The summed E-state index contributed by atoms with van der Waals surface area (Å²) in [5.41, 5.74) is 5.60. The molecule has 1 aliphatic rings. The molecule has 0 bridgehead atoms. The maximum atomic E-state index is 12.6. The molecule has 21 heavy (non-hydrogen) atoms. The fourth-order valence-corrected chi connectivity index (χ4v) is 2.58. The Morgan fingerprint density at radius 2 is 1.86 bits per heavy atom. The Morgan fingerprint density at radius 1 is 1.29 bits per heavy atom. The fourth-order valence-electron chi connectivity index (χ4n) is 2.58. The first-order valence-corrected chi connectivity index (χ1v) is 6.90. The maximum Gasteiger partial charge on any atom is 0.416 e. The van der Waals surface area contributed by atoms with E-state index in [1.54, 1.807) is 0 Å². The van der Waals surface area contributed by atoms with Gasteiger partial charge in [0.25, 0.3) is 0 Å². The number of benzene rings is 1. The van der Waals surface area contributed by atoms with Crippen molar-refractivity contribution in [3.8, 4) is 0 Å². The number of hydrogen-bond acceptors (Lipinski definition) is 3. The SMILES string of the molecule is CC(C)CN1C(N)=NCC1(C)c1ccc(C(F)(F)F)cc1. The quantitative estimate of drug-likeness (QED) is 0.931. The molecule has 1 aromatic rings. The van der Waals surface area contributed by atoms with Crippen molar-refractivity contribution in [2.75, 3.05) is 13.1 Å². The predicted molar refractivity (Wildman–Crippen MR) is 76.8 cm³/mol. The fraction of sp³-hybridized carbons (Fsp3) is 0.533. The lowest BCUT2D eigenvalue weighted by atomic mass is 9.89. The zero-order chi connectivity index (χ0) is 15.8. The summed E-state index contributed by atoms with van der Waals surface area (Å²) in [5.74, 6) is 0.830. The monoisotopic (exact) mass is 299 g/mol. The van der Waals surface area contributed by atoms with Crippen molar-refractivity contribution >= 4 is 5.96 Å². The number of alkyl halides is 3. The summed E-state index contributed by atoms with van der Waals surface area (Å²) in [5, 5.41) is 0. The molecule has 1 heterocycles. The van der Waals surface area contributed by atoms with Gasteiger partial charge in [0.2, 0.25) is 0 Å². The van der Waals surface area contributed by atoms with Crippen LogP contribution in [0.25, 0.3) is 0 Å². The van der Waals surface area contributed by atoms with Gasteiger partial charge in [-0.2, -0.15) is 13.2 Å². The van der Waals surface area contributed by atoms with Crippen LogP contribution in [0.1, 0.15) is 31.9 Å². The third-order valence-corrected chi connectivity index (χ3v) is 3.80. The van der Waals surface area contributed by atoms with Gasteiger partial charge in [-0.25, -0.2) is 0 Å². The van der Waals surface area contributed by atoms with Crippen LogP contribution in [0, 0.1) is 5.92 Å². The van der Waals surface area contributed by atoms with E-state index in [0.717, 1.165) is 17.7 Å². The molecule has 0 spiro atoms. The minimum Gasteiger partial charge on any atom is -0.370 e. The Labute approximate surface area is 122 Å². The lowest BCUT2D eigenvalue weighted by Gasteiger charge is -2.38. The third kappa shape index (κ3) is 2.99. The molecule has 1 atom stereocenters. The van der Waals surface area contributed by atoms with Crippen LogP contribution in [0.4, 0.5) is 13.2 Å². The summed E-state index contributed by atoms with van der Waals surface area (Å²) in [6.07, 6.45) is -4.32. The van der Waals surface area contributed by atoms with Crippen molar-refractivity contribution in [2.45, 2.75) is 32.5 Å². The van der Waals surface area contributed by atoms with Crippen LogP contribution < -0.4 is 5.73 Å². The molecule has 2 rings (SSSR count). The minimum absolute atomic E-state index is 0.380. The van der Waals surface area contributed by atoms with Crippen molar-refractivity contribution in [3.63, 3.8) is 0 Å². The summed E-state index contributed by atoms with van der Waals surface area (Å²) in [4.78, 5) is 6.24. The van der Waals surface area contributed by atoms with E-state index in [2.05, 4.69) is 18.8 Å². The van der Waals surface area contributed by atoms with E-state index in [4.69, 9.17) is 5.73 Å². The normalized spacial score (nSPS) is 22.8. The number of hydrogen-bond donors (Lipinski definition) is 1. The van der Waals surface area contributed by atoms with Crippen LogP contribution >= 0.6 is 0 Å². The summed E-state index contributed by atoms with van der Waals surface area (Å²) < 4.78 is 37.9. The Kier molecular flexibility index (Phi) is 3.91. The van der Waals surface area contributed by atoms with E-state index in [1.165, 1.54) is 12.1 Å². The van der Waals surface area contributed by atoms with Crippen molar-refractivity contribution in [3.05, 3.63) is 35.4 Å². The van der Waals surface area contributed by atoms with Gasteiger partial charge in [0.1, 0.15) is 0 Å². The number of rotatable bonds is 3. The van der Waals surface area contributed by atoms with Crippen LogP contribution in [0.5, 0.6) is 0 Å². The molecular formula is C15H20F3N3. The molecule has 0 aromatic heterocycles. The van der Waals surface area contributed by atoms with Gasteiger partial charge >= 0.3 is 6.18 Å². The van der Waals surface area contributed by atoms with Crippen LogP contribution in [0.15, 0.2) is 29.3 Å². The summed E-state index contributed by atoms with van der Waals surface area (Å²) in [6, 6.07) is 5.26. The zero-order valence-corrected chi connectivity index (χ0v) is 12.4.